The number of aromatic carboxylic acids is 1. The number of rotatable bonds is 4. The van der Waals surface area contributed by atoms with Crippen LogP contribution in [0, 0.1) is 6.92 Å². The molecule has 0 atom stereocenters. The number of carboxylic acids is 1. The summed E-state index contributed by atoms with van der Waals surface area (Å²) in [6, 6.07) is 2.06. The fourth-order valence-electron chi connectivity index (χ4n) is 2.55. The number of thiophene rings is 1. The number of nitrogens with one attached hydrogen (secondary N) is 1. The molecule has 2 heterocycles. The van der Waals surface area contributed by atoms with Crippen molar-refractivity contribution in [2.45, 2.75) is 39.3 Å². The van der Waals surface area contributed by atoms with E-state index < -0.39 is 5.97 Å². The predicted octanol–water partition coefficient (Wildman–Crippen LogP) is 1.86. The van der Waals surface area contributed by atoms with Crippen LogP contribution in [0.5, 0.6) is 0 Å². The van der Waals surface area contributed by atoms with E-state index in [1.54, 1.807) is 13.0 Å². The molecule has 1 aliphatic heterocycles. The van der Waals surface area contributed by atoms with Crippen molar-refractivity contribution in [3.8, 4) is 0 Å². The van der Waals surface area contributed by atoms with Gasteiger partial charge in [0.25, 0.3) is 0 Å². The Morgan fingerprint density at radius 2 is 2.10 bits per heavy atom. The Hall–Kier alpha value is -1.40. The van der Waals surface area contributed by atoms with Gasteiger partial charge in [0.2, 0.25) is 5.91 Å². The first kappa shape index (κ1) is 15.0. The summed E-state index contributed by atoms with van der Waals surface area (Å²) in [6.07, 6.45) is 1.91. The molecular weight excluding hydrogens is 276 g/mol. The van der Waals surface area contributed by atoms with Crippen LogP contribution in [0.25, 0.3) is 0 Å². The van der Waals surface area contributed by atoms with Gasteiger partial charge in [0.1, 0.15) is 4.88 Å². The monoisotopic (exact) mass is 296 g/mol. The lowest BCUT2D eigenvalue weighted by atomic mass is 10.0. The molecule has 6 heteroatoms. The summed E-state index contributed by atoms with van der Waals surface area (Å²) in [7, 11) is 0. The largest absolute Gasteiger partial charge is 0.477 e. The zero-order valence-corrected chi connectivity index (χ0v) is 12.6. The van der Waals surface area contributed by atoms with Crippen LogP contribution in [0.1, 0.15) is 39.9 Å². The second-order valence-corrected chi connectivity index (χ2v) is 6.50. The van der Waals surface area contributed by atoms with Crippen LogP contribution in [0.2, 0.25) is 0 Å². The molecule has 5 nitrogen and oxygen atoms in total. The van der Waals surface area contributed by atoms with Gasteiger partial charge in [-0.2, -0.15) is 0 Å². The standard InChI is InChI=1S/C14H20N2O3S/c1-9-11(7-13(20-9)14(18)19)8-16-5-3-12(4-6-16)15-10(2)17/h7,12H,3-6,8H2,1-2H3,(H,15,17)(H,18,19). The van der Waals surface area contributed by atoms with Gasteiger partial charge in [-0.15, -0.1) is 11.3 Å². The molecule has 110 valence electrons. The molecule has 2 N–H and O–H groups in total. The summed E-state index contributed by atoms with van der Waals surface area (Å²) in [6.45, 7) is 6.18. The Labute approximate surface area is 122 Å². The number of piperidine rings is 1. The Morgan fingerprint density at radius 1 is 1.45 bits per heavy atom. The smallest absolute Gasteiger partial charge is 0.345 e. The maximum Gasteiger partial charge on any atom is 0.345 e. The van der Waals surface area contributed by atoms with Crippen LogP contribution in [0.4, 0.5) is 0 Å². The van der Waals surface area contributed by atoms with E-state index in [1.807, 2.05) is 6.92 Å². The molecule has 1 saturated heterocycles. The minimum absolute atomic E-state index is 0.0308. The van der Waals surface area contributed by atoms with E-state index >= 15 is 0 Å². The molecule has 1 fully saturated rings. The van der Waals surface area contributed by atoms with E-state index in [9.17, 15) is 9.59 Å². The molecule has 20 heavy (non-hydrogen) atoms. The molecule has 0 aliphatic carbocycles. The molecule has 1 amide bonds. The minimum Gasteiger partial charge on any atom is -0.477 e. The number of likely N-dealkylation sites (tertiary alicyclic amines) is 1. The second-order valence-electron chi connectivity index (χ2n) is 5.25. The number of nitrogens with zero attached hydrogens (tertiary/aromatic N) is 1. The number of hydrogen-bond acceptors (Lipinski definition) is 4. The molecule has 2 rings (SSSR count). The van der Waals surface area contributed by atoms with Crippen molar-refractivity contribution in [3.63, 3.8) is 0 Å². The summed E-state index contributed by atoms with van der Waals surface area (Å²) in [4.78, 5) is 25.8. The van der Waals surface area contributed by atoms with Gasteiger partial charge in [-0.25, -0.2) is 4.79 Å². The van der Waals surface area contributed by atoms with Crippen molar-refractivity contribution >= 4 is 23.2 Å². The quantitative estimate of drug-likeness (QED) is 0.889. The van der Waals surface area contributed by atoms with E-state index in [-0.39, 0.29) is 11.9 Å². The number of carboxylic acid groups (broad SMARTS) is 1. The van der Waals surface area contributed by atoms with E-state index in [0.29, 0.717) is 4.88 Å². The van der Waals surface area contributed by atoms with Crippen LogP contribution in [-0.4, -0.2) is 41.0 Å². The Kier molecular flexibility index (Phi) is 4.77. The molecule has 0 aromatic carbocycles. The molecule has 0 unspecified atom stereocenters. The van der Waals surface area contributed by atoms with Crippen molar-refractivity contribution in [3.05, 3.63) is 21.4 Å². The first-order valence-electron chi connectivity index (χ1n) is 6.77. The topological polar surface area (TPSA) is 69.6 Å². The predicted molar refractivity (Wildman–Crippen MR) is 78.1 cm³/mol. The zero-order valence-electron chi connectivity index (χ0n) is 11.8. The summed E-state index contributed by atoms with van der Waals surface area (Å²) in [5, 5.41) is 12.0. The van der Waals surface area contributed by atoms with Crippen molar-refractivity contribution in [1.82, 2.24) is 10.2 Å². The van der Waals surface area contributed by atoms with Gasteiger partial charge < -0.3 is 10.4 Å². The van der Waals surface area contributed by atoms with Gasteiger partial charge >= 0.3 is 5.97 Å². The third-order valence-corrected chi connectivity index (χ3v) is 4.70. The Bertz CT molecular complexity index is 505. The van der Waals surface area contributed by atoms with Crippen LogP contribution >= 0.6 is 11.3 Å². The summed E-state index contributed by atoms with van der Waals surface area (Å²) < 4.78 is 0. The summed E-state index contributed by atoms with van der Waals surface area (Å²) >= 11 is 1.34. The Morgan fingerprint density at radius 3 is 2.60 bits per heavy atom. The molecular formula is C14H20N2O3S. The van der Waals surface area contributed by atoms with Crippen LogP contribution in [0.15, 0.2) is 6.07 Å². The minimum atomic E-state index is -0.853. The van der Waals surface area contributed by atoms with E-state index in [2.05, 4.69) is 10.2 Å². The molecule has 1 aromatic heterocycles. The fraction of sp³-hybridized carbons (Fsp3) is 0.571. The number of hydrogen-bond donors (Lipinski definition) is 2. The molecule has 0 bridgehead atoms. The molecule has 1 aromatic rings. The van der Waals surface area contributed by atoms with Gasteiger partial charge in [-0.05, 0) is 31.4 Å². The fourth-order valence-corrected chi connectivity index (χ4v) is 3.42. The maximum absolute atomic E-state index is 11.0. The maximum atomic E-state index is 11.0. The first-order chi connectivity index (χ1) is 9.45. The number of carbonyl (C=O) groups excluding carboxylic acids is 1. The van der Waals surface area contributed by atoms with Crippen molar-refractivity contribution < 1.29 is 14.7 Å². The highest BCUT2D eigenvalue weighted by Gasteiger charge is 2.21. The van der Waals surface area contributed by atoms with Gasteiger partial charge in [0, 0.05) is 37.5 Å². The molecule has 0 radical (unpaired) electrons. The van der Waals surface area contributed by atoms with E-state index in [0.717, 1.165) is 42.9 Å². The normalized spacial score (nSPS) is 17.1. The van der Waals surface area contributed by atoms with Gasteiger partial charge in [-0.3, -0.25) is 9.69 Å². The highest BCUT2D eigenvalue weighted by atomic mass is 32.1. The van der Waals surface area contributed by atoms with E-state index in [1.165, 1.54) is 11.3 Å². The van der Waals surface area contributed by atoms with Crippen LogP contribution in [-0.2, 0) is 11.3 Å². The first-order valence-corrected chi connectivity index (χ1v) is 7.59. The lowest BCUT2D eigenvalue weighted by Crippen LogP contribution is -2.43. The number of aryl methyl sites for hydroxylation is 1. The average Bonchev–Trinajstić information content (AvgIpc) is 2.73. The molecule has 1 aliphatic rings. The van der Waals surface area contributed by atoms with Crippen LogP contribution in [0.3, 0.4) is 0 Å². The van der Waals surface area contributed by atoms with Gasteiger partial charge in [0.15, 0.2) is 0 Å². The van der Waals surface area contributed by atoms with Crippen LogP contribution < -0.4 is 5.32 Å². The second kappa shape index (κ2) is 6.37. The third kappa shape index (κ3) is 3.80. The van der Waals surface area contributed by atoms with Gasteiger partial charge in [-0.1, -0.05) is 0 Å². The lowest BCUT2D eigenvalue weighted by Gasteiger charge is -2.32. The highest BCUT2D eigenvalue weighted by Crippen LogP contribution is 2.24. The summed E-state index contributed by atoms with van der Waals surface area (Å²) in [5.41, 5.74) is 1.10. The Balaban J connectivity index is 1.89. The molecule has 0 saturated carbocycles. The lowest BCUT2D eigenvalue weighted by molar-refractivity contribution is -0.119. The SMILES string of the molecule is CC(=O)NC1CCN(Cc2cc(C(=O)O)sc2C)CC1. The number of amides is 1. The average molecular weight is 296 g/mol. The van der Waals surface area contributed by atoms with Crippen molar-refractivity contribution in [2.75, 3.05) is 13.1 Å². The molecule has 0 spiro atoms. The highest BCUT2D eigenvalue weighted by molar-refractivity contribution is 7.14. The van der Waals surface area contributed by atoms with Gasteiger partial charge in [0.05, 0.1) is 0 Å². The number of carbonyl (C=O) groups is 2. The third-order valence-electron chi connectivity index (χ3n) is 3.62. The van der Waals surface area contributed by atoms with Crippen molar-refractivity contribution in [2.24, 2.45) is 0 Å². The zero-order chi connectivity index (χ0) is 14.7. The van der Waals surface area contributed by atoms with Crippen molar-refractivity contribution in [1.29, 1.82) is 0 Å². The summed E-state index contributed by atoms with van der Waals surface area (Å²) in [5.74, 6) is -0.822. The van der Waals surface area contributed by atoms with E-state index in [4.69, 9.17) is 5.11 Å².